The molecular weight excluding hydrogens is 370 g/mol. The van der Waals surface area contributed by atoms with E-state index in [9.17, 15) is 14.4 Å². The Balaban J connectivity index is 1.79. The Morgan fingerprint density at radius 1 is 1.22 bits per heavy atom. The highest BCUT2D eigenvalue weighted by molar-refractivity contribution is 6.30. The number of rotatable bonds is 6. The standard InChI is InChI=1S/C19H26ClN3O4/c1-3-27-19(26)22-11-8-16(9-12-22)21-18(25)10-13-23(14(2)24)17-6-4-15(20)5-7-17/h4-7,16H,3,8-13H2,1-2H3,(H,21,25). The Hall–Kier alpha value is -2.28. The molecule has 1 aliphatic heterocycles. The summed E-state index contributed by atoms with van der Waals surface area (Å²) in [6, 6.07) is 6.97. The van der Waals surface area contributed by atoms with E-state index in [1.54, 1.807) is 41.0 Å². The zero-order valence-corrected chi connectivity index (χ0v) is 16.5. The molecule has 0 atom stereocenters. The number of likely N-dealkylation sites (tertiary alicyclic amines) is 1. The van der Waals surface area contributed by atoms with Gasteiger partial charge in [-0.1, -0.05) is 11.6 Å². The molecule has 1 saturated heterocycles. The first kappa shape index (κ1) is 21.0. The summed E-state index contributed by atoms with van der Waals surface area (Å²) in [5.74, 6) is -0.238. The number of benzene rings is 1. The second-order valence-electron chi connectivity index (χ2n) is 6.42. The van der Waals surface area contributed by atoms with Crippen molar-refractivity contribution in [3.63, 3.8) is 0 Å². The molecule has 1 N–H and O–H groups in total. The summed E-state index contributed by atoms with van der Waals surface area (Å²) in [6.45, 7) is 5.03. The van der Waals surface area contributed by atoms with Crippen LogP contribution in [0, 0.1) is 0 Å². The van der Waals surface area contributed by atoms with Gasteiger partial charge in [0, 0.05) is 49.7 Å². The van der Waals surface area contributed by atoms with Gasteiger partial charge in [-0.15, -0.1) is 0 Å². The van der Waals surface area contributed by atoms with Crippen molar-refractivity contribution in [3.05, 3.63) is 29.3 Å². The number of amides is 3. The maximum atomic E-state index is 12.3. The lowest BCUT2D eigenvalue weighted by molar-refractivity contribution is -0.122. The lowest BCUT2D eigenvalue weighted by atomic mass is 10.1. The second-order valence-corrected chi connectivity index (χ2v) is 6.86. The van der Waals surface area contributed by atoms with Crippen molar-refractivity contribution in [2.75, 3.05) is 31.1 Å². The van der Waals surface area contributed by atoms with Gasteiger partial charge in [0.1, 0.15) is 0 Å². The first-order valence-electron chi connectivity index (χ1n) is 9.15. The van der Waals surface area contributed by atoms with Gasteiger partial charge in [0.15, 0.2) is 0 Å². The lowest BCUT2D eigenvalue weighted by Crippen LogP contribution is -2.47. The van der Waals surface area contributed by atoms with Gasteiger partial charge in [-0.2, -0.15) is 0 Å². The normalized spacial score (nSPS) is 14.6. The fourth-order valence-electron chi connectivity index (χ4n) is 3.02. The van der Waals surface area contributed by atoms with Crippen molar-refractivity contribution in [1.29, 1.82) is 0 Å². The van der Waals surface area contributed by atoms with E-state index >= 15 is 0 Å². The number of piperidine rings is 1. The summed E-state index contributed by atoms with van der Waals surface area (Å²) in [7, 11) is 0. The molecule has 148 valence electrons. The molecule has 1 heterocycles. The van der Waals surface area contributed by atoms with Crippen LogP contribution in [0.3, 0.4) is 0 Å². The Labute approximate surface area is 164 Å². The molecule has 1 aliphatic rings. The van der Waals surface area contributed by atoms with Crippen LogP contribution in [0.2, 0.25) is 5.02 Å². The highest BCUT2D eigenvalue weighted by Gasteiger charge is 2.24. The third-order valence-corrected chi connectivity index (χ3v) is 4.72. The zero-order chi connectivity index (χ0) is 19.8. The van der Waals surface area contributed by atoms with Gasteiger partial charge in [0.2, 0.25) is 11.8 Å². The van der Waals surface area contributed by atoms with Gasteiger partial charge in [0.05, 0.1) is 6.61 Å². The van der Waals surface area contributed by atoms with Crippen LogP contribution >= 0.6 is 11.6 Å². The van der Waals surface area contributed by atoms with Crippen LogP contribution < -0.4 is 10.2 Å². The molecule has 0 aliphatic carbocycles. The van der Waals surface area contributed by atoms with Gasteiger partial charge in [-0.3, -0.25) is 9.59 Å². The maximum absolute atomic E-state index is 12.3. The van der Waals surface area contributed by atoms with Gasteiger partial charge in [-0.05, 0) is 44.0 Å². The highest BCUT2D eigenvalue weighted by Crippen LogP contribution is 2.18. The second kappa shape index (κ2) is 10.2. The fourth-order valence-corrected chi connectivity index (χ4v) is 3.15. The lowest BCUT2D eigenvalue weighted by Gasteiger charge is -2.31. The Kier molecular flexibility index (Phi) is 7.91. The minimum atomic E-state index is -0.303. The number of nitrogens with zero attached hydrogens (tertiary/aromatic N) is 2. The number of carbonyl (C=O) groups is 3. The van der Waals surface area contributed by atoms with Crippen LogP contribution in [0.25, 0.3) is 0 Å². The van der Waals surface area contributed by atoms with Crippen molar-refractivity contribution in [2.24, 2.45) is 0 Å². The number of anilines is 1. The third-order valence-electron chi connectivity index (χ3n) is 4.47. The largest absolute Gasteiger partial charge is 0.450 e. The van der Waals surface area contributed by atoms with Crippen LogP contribution in [-0.2, 0) is 14.3 Å². The van der Waals surface area contributed by atoms with Crippen LogP contribution in [-0.4, -0.2) is 55.1 Å². The molecule has 0 spiro atoms. The van der Waals surface area contributed by atoms with E-state index in [0.29, 0.717) is 49.8 Å². The number of hydrogen-bond acceptors (Lipinski definition) is 4. The van der Waals surface area contributed by atoms with E-state index in [4.69, 9.17) is 16.3 Å². The first-order valence-corrected chi connectivity index (χ1v) is 9.53. The molecule has 0 saturated carbocycles. The average molecular weight is 396 g/mol. The molecule has 8 heteroatoms. The van der Waals surface area contributed by atoms with Crippen LogP contribution in [0.15, 0.2) is 24.3 Å². The van der Waals surface area contributed by atoms with E-state index in [-0.39, 0.29) is 30.4 Å². The molecule has 2 rings (SSSR count). The molecule has 0 aromatic heterocycles. The zero-order valence-electron chi connectivity index (χ0n) is 15.7. The number of carbonyl (C=O) groups excluding carboxylic acids is 3. The van der Waals surface area contributed by atoms with Crippen LogP contribution in [0.1, 0.15) is 33.1 Å². The predicted octanol–water partition coefficient (Wildman–Crippen LogP) is 2.82. The minimum Gasteiger partial charge on any atom is -0.450 e. The first-order chi connectivity index (χ1) is 12.9. The maximum Gasteiger partial charge on any atom is 0.409 e. The summed E-state index contributed by atoms with van der Waals surface area (Å²) in [5.41, 5.74) is 0.711. The van der Waals surface area contributed by atoms with Crippen molar-refractivity contribution < 1.29 is 19.1 Å². The quantitative estimate of drug-likeness (QED) is 0.803. The van der Waals surface area contributed by atoms with Crippen molar-refractivity contribution in [1.82, 2.24) is 10.2 Å². The molecule has 3 amide bonds. The Morgan fingerprint density at radius 3 is 2.41 bits per heavy atom. The smallest absolute Gasteiger partial charge is 0.409 e. The van der Waals surface area contributed by atoms with E-state index in [2.05, 4.69) is 5.32 Å². The molecule has 1 aromatic rings. The van der Waals surface area contributed by atoms with Crippen molar-refractivity contribution in [3.8, 4) is 0 Å². The molecule has 27 heavy (non-hydrogen) atoms. The summed E-state index contributed by atoms with van der Waals surface area (Å²) < 4.78 is 4.99. The highest BCUT2D eigenvalue weighted by atomic mass is 35.5. The number of nitrogens with one attached hydrogen (secondary N) is 1. The van der Waals surface area contributed by atoms with E-state index in [1.165, 1.54) is 6.92 Å². The molecule has 0 unspecified atom stereocenters. The number of ether oxygens (including phenoxy) is 1. The summed E-state index contributed by atoms with van der Waals surface area (Å²) >= 11 is 5.88. The minimum absolute atomic E-state index is 0.0319. The summed E-state index contributed by atoms with van der Waals surface area (Å²) in [4.78, 5) is 39.1. The molecular formula is C19H26ClN3O4. The monoisotopic (exact) mass is 395 g/mol. The summed E-state index contributed by atoms with van der Waals surface area (Å²) in [5, 5.41) is 3.58. The van der Waals surface area contributed by atoms with Gasteiger partial charge in [-0.25, -0.2) is 4.79 Å². The van der Waals surface area contributed by atoms with E-state index < -0.39 is 0 Å². The summed E-state index contributed by atoms with van der Waals surface area (Å²) in [6.07, 6.45) is 1.29. The van der Waals surface area contributed by atoms with Crippen LogP contribution in [0.4, 0.5) is 10.5 Å². The Bertz CT molecular complexity index is 657. The fraction of sp³-hybridized carbons (Fsp3) is 0.526. The Morgan fingerprint density at radius 2 is 1.85 bits per heavy atom. The van der Waals surface area contributed by atoms with Gasteiger partial charge in [0.25, 0.3) is 0 Å². The predicted molar refractivity (Wildman–Crippen MR) is 104 cm³/mol. The topological polar surface area (TPSA) is 79.0 Å². The van der Waals surface area contributed by atoms with Crippen LogP contribution in [0.5, 0.6) is 0 Å². The van der Waals surface area contributed by atoms with Gasteiger partial charge < -0.3 is 19.9 Å². The molecule has 0 radical (unpaired) electrons. The van der Waals surface area contributed by atoms with E-state index in [0.717, 1.165) is 0 Å². The van der Waals surface area contributed by atoms with Crippen molar-refractivity contribution in [2.45, 2.75) is 39.2 Å². The SMILES string of the molecule is CCOC(=O)N1CCC(NC(=O)CCN(C(C)=O)c2ccc(Cl)cc2)CC1. The number of halogens is 1. The van der Waals surface area contributed by atoms with Crippen molar-refractivity contribution >= 4 is 35.2 Å². The number of hydrogen-bond donors (Lipinski definition) is 1. The molecule has 0 bridgehead atoms. The third kappa shape index (κ3) is 6.43. The molecule has 1 fully saturated rings. The van der Waals surface area contributed by atoms with Gasteiger partial charge >= 0.3 is 6.09 Å². The van der Waals surface area contributed by atoms with E-state index in [1.807, 2.05) is 0 Å². The average Bonchev–Trinajstić information content (AvgIpc) is 2.64. The molecule has 7 nitrogen and oxygen atoms in total. The molecule has 1 aromatic carbocycles.